The quantitative estimate of drug-likeness (QED) is 0.681. The number of halogens is 1. The smallest absolute Gasteiger partial charge is 0.119 e. The maximum atomic E-state index is 6.85. The molecule has 0 N–H and O–H groups in total. The van der Waals surface area contributed by atoms with Crippen molar-refractivity contribution in [3.63, 3.8) is 0 Å². The molecular weight excluding hydrogens is 227 g/mol. The Morgan fingerprint density at radius 2 is 2.56 bits per heavy atom. The van der Waals surface area contributed by atoms with Crippen LogP contribution in [0.1, 0.15) is 4.11 Å². The van der Waals surface area contributed by atoms with E-state index in [1.807, 2.05) is 6.07 Å². The van der Waals surface area contributed by atoms with Gasteiger partial charge in [0.2, 0.25) is 0 Å². The van der Waals surface area contributed by atoms with E-state index in [0.717, 1.165) is 3.57 Å². The highest BCUT2D eigenvalue weighted by atomic mass is 127. The first-order valence-electron chi connectivity index (χ1n) is 3.92. The number of benzene rings is 1. The van der Waals surface area contributed by atoms with Gasteiger partial charge in [0, 0.05) is 3.57 Å². The minimum absolute atomic E-state index is 0.377. The summed E-state index contributed by atoms with van der Waals surface area (Å²) in [5, 5.41) is 0. The van der Waals surface area contributed by atoms with Gasteiger partial charge in [0.1, 0.15) is 5.75 Å². The Morgan fingerprint density at radius 3 is 3.22 bits per heavy atom. The molecule has 48 valence electrons. The molecule has 0 radical (unpaired) electrons. The molecule has 0 saturated carbocycles. The molecule has 0 aliphatic heterocycles. The molecular formula is C7H7IO. The summed E-state index contributed by atoms with van der Waals surface area (Å²) in [6.45, 7) is 0. The van der Waals surface area contributed by atoms with Crippen molar-refractivity contribution < 1.29 is 8.85 Å². The summed E-state index contributed by atoms with van der Waals surface area (Å²) in [6, 6.07) is 6.91. The Bertz CT molecular complexity index is 272. The largest absolute Gasteiger partial charge is 0.497 e. The first-order chi connectivity index (χ1) is 5.47. The number of methoxy groups -OCH3 is 1. The molecule has 0 unspecified atom stereocenters. The summed E-state index contributed by atoms with van der Waals surface area (Å²) >= 11 is 2.09. The minimum Gasteiger partial charge on any atom is -0.497 e. The lowest BCUT2D eigenvalue weighted by molar-refractivity contribution is 0.414. The van der Waals surface area contributed by atoms with Crippen molar-refractivity contribution in [1.29, 1.82) is 0 Å². The predicted molar refractivity (Wildman–Crippen MR) is 45.7 cm³/mol. The molecule has 1 nitrogen and oxygen atoms in total. The van der Waals surface area contributed by atoms with Gasteiger partial charge in [-0.05, 0) is 40.8 Å². The van der Waals surface area contributed by atoms with Crippen molar-refractivity contribution in [2.24, 2.45) is 0 Å². The van der Waals surface area contributed by atoms with E-state index in [0.29, 0.717) is 5.75 Å². The van der Waals surface area contributed by atoms with Crippen LogP contribution in [0, 0.1) is 3.57 Å². The molecule has 1 aromatic rings. The topological polar surface area (TPSA) is 9.23 Å². The molecule has 1 aromatic carbocycles. The zero-order valence-electron chi connectivity index (χ0n) is 7.60. The highest BCUT2D eigenvalue weighted by Gasteiger charge is 1.88. The highest BCUT2D eigenvalue weighted by Crippen LogP contribution is 2.13. The van der Waals surface area contributed by atoms with Crippen molar-refractivity contribution in [1.82, 2.24) is 0 Å². The van der Waals surface area contributed by atoms with Crippen molar-refractivity contribution in [3.8, 4) is 5.75 Å². The fraction of sp³-hybridized carbons (Fsp3) is 0.143. The van der Waals surface area contributed by atoms with E-state index < -0.39 is 7.04 Å². The van der Waals surface area contributed by atoms with Crippen LogP contribution in [0.2, 0.25) is 0 Å². The summed E-state index contributed by atoms with van der Waals surface area (Å²) in [5.74, 6) is 0.377. The standard InChI is InChI=1S/C7H7IO/c1-9-7-4-2-3-6(8)5-7/h2-5H,1H3/i1D3. The van der Waals surface area contributed by atoms with E-state index in [2.05, 4.69) is 27.3 Å². The fourth-order valence-electron chi connectivity index (χ4n) is 0.530. The molecule has 0 heterocycles. The lowest BCUT2D eigenvalue weighted by atomic mass is 10.3. The molecule has 2 heteroatoms. The van der Waals surface area contributed by atoms with Gasteiger partial charge in [0.15, 0.2) is 0 Å². The molecule has 0 aromatic heterocycles. The van der Waals surface area contributed by atoms with E-state index in [1.165, 1.54) is 0 Å². The molecule has 0 spiro atoms. The van der Waals surface area contributed by atoms with Gasteiger partial charge in [0.25, 0.3) is 0 Å². The normalized spacial score (nSPS) is 15.4. The van der Waals surface area contributed by atoms with Crippen LogP contribution >= 0.6 is 22.6 Å². The molecule has 0 aliphatic rings. The van der Waals surface area contributed by atoms with Crippen molar-refractivity contribution in [2.45, 2.75) is 0 Å². The second kappa shape index (κ2) is 3.06. The third kappa shape index (κ3) is 1.86. The molecule has 9 heavy (non-hydrogen) atoms. The van der Waals surface area contributed by atoms with Crippen LogP contribution < -0.4 is 4.74 Å². The number of ether oxygens (including phenoxy) is 1. The number of hydrogen-bond acceptors (Lipinski definition) is 1. The molecule has 0 fully saturated rings. The van der Waals surface area contributed by atoms with Crippen LogP contribution in [0.4, 0.5) is 0 Å². The Kier molecular flexibility index (Phi) is 1.29. The maximum Gasteiger partial charge on any atom is 0.119 e. The third-order valence-electron chi connectivity index (χ3n) is 0.914. The van der Waals surface area contributed by atoms with Crippen LogP contribution in [0.5, 0.6) is 5.75 Å². The molecule has 0 amide bonds. The van der Waals surface area contributed by atoms with Gasteiger partial charge in [0.05, 0.1) is 11.2 Å². The van der Waals surface area contributed by atoms with E-state index in [9.17, 15) is 0 Å². The second-order valence-electron chi connectivity index (χ2n) is 1.56. The highest BCUT2D eigenvalue weighted by molar-refractivity contribution is 14.1. The van der Waals surface area contributed by atoms with Crippen molar-refractivity contribution in [2.75, 3.05) is 7.04 Å². The van der Waals surface area contributed by atoms with Gasteiger partial charge in [-0.2, -0.15) is 0 Å². The van der Waals surface area contributed by atoms with Crippen LogP contribution in [-0.2, 0) is 0 Å². The van der Waals surface area contributed by atoms with Gasteiger partial charge in [-0.15, -0.1) is 0 Å². The first-order valence-corrected chi connectivity index (χ1v) is 3.50. The van der Waals surface area contributed by atoms with Gasteiger partial charge >= 0.3 is 0 Å². The van der Waals surface area contributed by atoms with Gasteiger partial charge in [-0.1, -0.05) is 6.07 Å². The minimum atomic E-state index is -2.36. The Balaban J connectivity index is 2.77. The summed E-state index contributed by atoms with van der Waals surface area (Å²) in [6.07, 6.45) is 0. The zero-order chi connectivity index (χ0) is 9.19. The Labute approximate surface area is 72.4 Å². The number of hydrogen-bond donors (Lipinski definition) is 0. The van der Waals surface area contributed by atoms with E-state index in [4.69, 9.17) is 4.11 Å². The van der Waals surface area contributed by atoms with Gasteiger partial charge < -0.3 is 4.74 Å². The summed E-state index contributed by atoms with van der Waals surface area (Å²) < 4.78 is 26.2. The van der Waals surface area contributed by atoms with Crippen LogP contribution in [0.25, 0.3) is 0 Å². The average Bonchev–Trinajstić information content (AvgIpc) is 1.82. The summed E-state index contributed by atoms with van der Waals surface area (Å²) in [5.41, 5.74) is 0. The van der Waals surface area contributed by atoms with E-state index in [-0.39, 0.29) is 0 Å². The van der Waals surface area contributed by atoms with Crippen LogP contribution in [-0.4, -0.2) is 7.04 Å². The lowest BCUT2D eigenvalue weighted by Gasteiger charge is -1.96. The summed E-state index contributed by atoms with van der Waals surface area (Å²) in [4.78, 5) is 0. The zero-order valence-corrected chi connectivity index (χ0v) is 6.75. The van der Waals surface area contributed by atoms with E-state index in [1.54, 1.807) is 18.2 Å². The SMILES string of the molecule is [2H]C([2H])([2H])Oc1cccc(I)c1. The predicted octanol–water partition coefficient (Wildman–Crippen LogP) is 2.30. The van der Waals surface area contributed by atoms with Crippen LogP contribution in [0.15, 0.2) is 24.3 Å². The van der Waals surface area contributed by atoms with E-state index >= 15 is 0 Å². The molecule has 0 atom stereocenters. The molecule has 0 aliphatic carbocycles. The van der Waals surface area contributed by atoms with Gasteiger partial charge in [-0.25, -0.2) is 0 Å². The average molecular weight is 237 g/mol. The Hall–Kier alpha value is -0.250. The molecule has 1 rings (SSSR count). The van der Waals surface area contributed by atoms with Crippen molar-refractivity contribution in [3.05, 3.63) is 27.8 Å². The van der Waals surface area contributed by atoms with Crippen LogP contribution in [0.3, 0.4) is 0 Å². The second-order valence-corrected chi connectivity index (χ2v) is 2.81. The maximum absolute atomic E-state index is 6.85. The first kappa shape index (κ1) is 3.81. The molecule has 0 saturated heterocycles. The fourth-order valence-corrected chi connectivity index (χ4v) is 1.05. The third-order valence-corrected chi connectivity index (χ3v) is 1.58. The lowest BCUT2D eigenvalue weighted by Crippen LogP contribution is -1.81. The molecule has 0 bridgehead atoms. The van der Waals surface area contributed by atoms with Gasteiger partial charge in [-0.3, -0.25) is 0 Å². The van der Waals surface area contributed by atoms with Crippen molar-refractivity contribution >= 4 is 22.6 Å². The monoisotopic (exact) mass is 237 g/mol. The number of rotatable bonds is 1. The summed E-state index contributed by atoms with van der Waals surface area (Å²) in [7, 11) is -2.36. The Morgan fingerprint density at radius 1 is 1.67 bits per heavy atom.